The van der Waals surface area contributed by atoms with E-state index >= 15 is 0 Å². The third-order valence-electron chi connectivity index (χ3n) is 3.06. The van der Waals surface area contributed by atoms with Gasteiger partial charge in [0.15, 0.2) is 0 Å². The highest BCUT2D eigenvalue weighted by Gasteiger charge is 2.12. The molecule has 0 fully saturated rings. The fraction of sp³-hybridized carbons (Fsp3) is 0.267. The van der Waals surface area contributed by atoms with Gasteiger partial charge in [-0.15, -0.1) is 0 Å². The predicted octanol–water partition coefficient (Wildman–Crippen LogP) is 4.42. The average Bonchev–Trinajstić information content (AvgIpc) is 2.44. The molecule has 0 aliphatic carbocycles. The first kappa shape index (κ1) is 15.2. The SMILES string of the molecule is CC(NCCc1ccccn1)c1cc(F)c(Cl)cc1Cl. The lowest BCUT2D eigenvalue weighted by Crippen LogP contribution is -2.22. The summed E-state index contributed by atoms with van der Waals surface area (Å²) in [5.74, 6) is -0.454. The second-order valence-electron chi connectivity index (χ2n) is 4.53. The van der Waals surface area contributed by atoms with E-state index in [1.807, 2.05) is 25.1 Å². The van der Waals surface area contributed by atoms with Crippen LogP contribution in [0.15, 0.2) is 36.5 Å². The number of halogens is 3. The Balaban J connectivity index is 1.95. The van der Waals surface area contributed by atoms with Gasteiger partial charge in [0.05, 0.1) is 5.02 Å². The standard InChI is InChI=1S/C15H15Cl2FN2/c1-10(12-8-15(18)14(17)9-13(12)16)19-7-5-11-4-2-3-6-20-11/h2-4,6,8-10,19H,5,7H2,1H3. The zero-order chi connectivity index (χ0) is 14.5. The van der Waals surface area contributed by atoms with Crippen molar-refractivity contribution in [3.05, 3.63) is 63.6 Å². The molecule has 0 radical (unpaired) electrons. The number of rotatable bonds is 5. The van der Waals surface area contributed by atoms with E-state index in [9.17, 15) is 4.39 Å². The van der Waals surface area contributed by atoms with Crippen molar-refractivity contribution in [2.24, 2.45) is 0 Å². The third-order valence-corrected chi connectivity index (χ3v) is 3.68. The molecule has 0 aliphatic rings. The molecule has 1 aromatic heterocycles. The van der Waals surface area contributed by atoms with Crippen LogP contribution in [0.5, 0.6) is 0 Å². The quantitative estimate of drug-likeness (QED) is 0.827. The topological polar surface area (TPSA) is 24.9 Å². The molecule has 1 atom stereocenters. The number of hydrogen-bond acceptors (Lipinski definition) is 2. The Kier molecular flexibility index (Phi) is 5.35. The van der Waals surface area contributed by atoms with E-state index < -0.39 is 5.82 Å². The molecule has 20 heavy (non-hydrogen) atoms. The van der Waals surface area contributed by atoms with E-state index in [4.69, 9.17) is 23.2 Å². The van der Waals surface area contributed by atoms with Crippen LogP contribution in [0.1, 0.15) is 24.2 Å². The molecule has 2 aromatic rings. The maximum Gasteiger partial charge on any atom is 0.142 e. The van der Waals surface area contributed by atoms with E-state index in [1.54, 1.807) is 6.20 Å². The highest BCUT2D eigenvalue weighted by atomic mass is 35.5. The van der Waals surface area contributed by atoms with Crippen LogP contribution in [0.3, 0.4) is 0 Å². The lowest BCUT2D eigenvalue weighted by Gasteiger charge is -2.16. The molecule has 1 N–H and O–H groups in total. The van der Waals surface area contributed by atoms with Gasteiger partial charge in [-0.3, -0.25) is 4.98 Å². The first-order valence-electron chi connectivity index (χ1n) is 6.35. The van der Waals surface area contributed by atoms with Crippen molar-refractivity contribution in [2.45, 2.75) is 19.4 Å². The predicted molar refractivity (Wildman–Crippen MR) is 80.8 cm³/mol. The van der Waals surface area contributed by atoms with Crippen molar-refractivity contribution in [3.63, 3.8) is 0 Å². The zero-order valence-electron chi connectivity index (χ0n) is 11.0. The Hall–Kier alpha value is -1.16. The minimum atomic E-state index is -0.454. The highest BCUT2D eigenvalue weighted by molar-refractivity contribution is 6.35. The Morgan fingerprint density at radius 3 is 2.75 bits per heavy atom. The Bertz CT molecular complexity index is 576. The molecule has 106 valence electrons. The van der Waals surface area contributed by atoms with Gasteiger partial charge < -0.3 is 5.32 Å². The van der Waals surface area contributed by atoms with Gasteiger partial charge in [0, 0.05) is 35.9 Å². The third kappa shape index (κ3) is 3.92. The second kappa shape index (κ2) is 7.02. The van der Waals surface area contributed by atoms with E-state index in [2.05, 4.69) is 10.3 Å². The summed E-state index contributed by atoms with van der Waals surface area (Å²) in [6.07, 6.45) is 2.57. The molecule has 0 amide bonds. The second-order valence-corrected chi connectivity index (χ2v) is 5.35. The van der Waals surface area contributed by atoms with Gasteiger partial charge in [0.1, 0.15) is 5.82 Å². The number of benzene rings is 1. The monoisotopic (exact) mass is 312 g/mol. The van der Waals surface area contributed by atoms with Gasteiger partial charge in [0.25, 0.3) is 0 Å². The molecule has 0 bridgehead atoms. The molecule has 1 heterocycles. The van der Waals surface area contributed by atoms with Crippen molar-refractivity contribution < 1.29 is 4.39 Å². The summed E-state index contributed by atoms with van der Waals surface area (Å²) in [4.78, 5) is 4.25. The number of nitrogens with zero attached hydrogens (tertiary/aromatic N) is 1. The Morgan fingerprint density at radius 2 is 2.05 bits per heavy atom. The summed E-state index contributed by atoms with van der Waals surface area (Å²) < 4.78 is 13.5. The Labute approximate surface area is 127 Å². The number of hydrogen-bond donors (Lipinski definition) is 1. The summed E-state index contributed by atoms with van der Waals surface area (Å²) >= 11 is 11.8. The van der Waals surface area contributed by atoms with E-state index in [1.165, 1.54) is 12.1 Å². The summed E-state index contributed by atoms with van der Waals surface area (Å²) in [6, 6.07) is 8.57. The molecule has 1 unspecified atom stereocenters. The van der Waals surface area contributed by atoms with Gasteiger partial charge in [-0.25, -0.2) is 4.39 Å². The first-order chi connectivity index (χ1) is 9.58. The van der Waals surface area contributed by atoms with Gasteiger partial charge in [-0.2, -0.15) is 0 Å². The summed E-state index contributed by atoms with van der Waals surface area (Å²) in [7, 11) is 0. The van der Waals surface area contributed by atoms with Crippen LogP contribution in [0.4, 0.5) is 4.39 Å². The summed E-state index contributed by atoms with van der Waals surface area (Å²) in [5, 5.41) is 3.81. The molecule has 5 heteroatoms. The summed E-state index contributed by atoms with van der Waals surface area (Å²) in [5.41, 5.74) is 1.72. The Morgan fingerprint density at radius 1 is 1.25 bits per heavy atom. The molecular weight excluding hydrogens is 298 g/mol. The van der Waals surface area contributed by atoms with Gasteiger partial charge >= 0.3 is 0 Å². The maximum atomic E-state index is 13.5. The fourth-order valence-electron chi connectivity index (χ4n) is 1.94. The molecule has 1 aromatic carbocycles. The highest BCUT2D eigenvalue weighted by Crippen LogP contribution is 2.28. The lowest BCUT2D eigenvalue weighted by atomic mass is 10.1. The zero-order valence-corrected chi connectivity index (χ0v) is 12.5. The van der Waals surface area contributed by atoms with Crippen LogP contribution in [0.2, 0.25) is 10.0 Å². The minimum absolute atomic E-state index is 0.0411. The largest absolute Gasteiger partial charge is 0.310 e. The van der Waals surface area contributed by atoms with E-state index in [0.717, 1.165) is 18.7 Å². The number of nitrogens with one attached hydrogen (secondary N) is 1. The lowest BCUT2D eigenvalue weighted by molar-refractivity contribution is 0.565. The number of pyridine rings is 1. The molecule has 2 nitrogen and oxygen atoms in total. The van der Waals surface area contributed by atoms with Crippen LogP contribution in [0.25, 0.3) is 0 Å². The van der Waals surface area contributed by atoms with Crippen molar-refractivity contribution >= 4 is 23.2 Å². The van der Waals surface area contributed by atoms with Gasteiger partial charge in [0.2, 0.25) is 0 Å². The van der Waals surface area contributed by atoms with Crippen LogP contribution in [-0.4, -0.2) is 11.5 Å². The van der Waals surface area contributed by atoms with Crippen LogP contribution >= 0.6 is 23.2 Å². The van der Waals surface area contributed by atoms with E-state index in [0.29, 0.717) is 10.6 Å². The van der Waals surface area contributed by atoms with Crippen LogP contribution in [-0.2, 0) is 6.42 Å². The van der Waals surface area contributed by atoms with Crippen LogP contribution < -0.4 is 5.32 Å². The average molecular weight is 313 g/mol. The molecule has 2 rings (SSSR count). The fourth-order valence-corrected chi connectivity index (χ4v) is 2.49. The number of aromatic nitrogens is 1. The minimum Gasteiger partial charge on any atom is -0.310 e. The van der Waals surface area contributed by atoms with E-state index in [-0.39, 0.29) is 11.1 Å². The molecule has 0 saturated carbocycles. The molecule has 0 saturated heterocycles. The van der Waals surface area contributed by atoms with Crippen molar-refractivity contribution in [2.75, 3.05) is 6.54 Å². The van der Waals surface area contributed by atoms with Gasteiger partial charge in [-0.05, 0) is 36.8 Å². The molecular formula is C15H15Cl2FN2. The molecule has 0 aliphatic heterocycles. The molecule has 0 spiro atoms. The maximum absolute atomic E-state index is 13.5. The van der Waals surface area contributed by atoms with Crippen molar-refractivity contribution in [3.8, 4) is 0 Å². The van der Waals surface area contributed by atoms with Crippen molar-refractivity contribution in [1.29, 1.82) is 0 Å². The van der Waals surface area contributed by atoms with Crippen LogP contribution in [0, 0.1) is 5.82 Å². The normalized spacial score (nSPS) is 12.4. The smallest absolute Gasteiger partial charge is 0.142 e. The van der Waals surface area contributed by atoms with Crippen molar-refractivity contribution in [1.82, 2.24) is 10.3 Å². The first-order valence-corrected chi connectivity index (χ1v) is 7.11. The summed E-state index contributed by atoms with van der Waals surface area (Å²) in [6.45, 7) is 2.67. The van der Waals surface area contributed by atoms with Gasteiger partial charge in [-0.1, -0.05) is 29.3 Å².